The summed E-state index contributed by atoms with van der Waals surface area (Å²) in [7, 11) is 0. The third-order valence-electron chi connectivity index (χ3n) is 2.62. The number of aliphatic hydroxyl groups excluding tert-OH is 1. The second-order valence-electron chi connectivity index (χ2n) is 3.82. The van der Waals surface area contributed by atoms with Crippen molar-refractivity contribution < 1.29 is 18.3 Å². The molecule has 2 rings (SSSR count). The molecule has 0 saturated carbocycles. The molecule has 3 N–H and O–H groups in total. The van der Waals surface area contributed by atoms with Crippen LogP contribution in [-0.4, -0.2) is 5.11 Å². The van der Waals surface area contributed by atoms with Gasteiger partial charge < -0.3 is 10.8 Å². The van der Waals surface area contributed by atoms with Crippen molar-refractivity contribution in [3.63, 3.8) is 0 Å². The third-order valence-corrected chi connectivity index (χ3v) is 2.62. The topological polar surface area (TPSA) is 46.2 Å². The number of halogens is 3. The van der Waals surface area contributed by atoms with Gasteiger partial charge in [-0.05, 0) is 24.3 Å². The summed E-state index contributed by atoms with van der Waals surface area (Å²) < 4.78 is 39.6. The molecule has 0 aliphatic rings. The van der Waals surface area contributed by atoms with Crippen LogP contribution in [-0.2, 0) is 0 Å². The Kier molecular flexibility index (Phi) is 3.25. The normalized spacial score (nSPS) is 12.4. The van der Waals surface area contributed by atoms with Gasteiger partial charge >= 0.3 is 0 Å². The highest BCUT2D eigenvalue weighted by molar-refractivity contribution is 5.50. The summed E-state index contributed by atoms with van der Waals surface area (Å²) in [5.74, 6) is -2.87. The summed E-state index contributed by atoms with van der Waals surface area (Å²) in [4.78, 5) is 0. The Bertz CT molecular complexity index is 584. The van der Waals surface area contributed by atoms with Crippen LogP contribution in [0.3, 0.4) is 0 Å². The summed E-state index contributed by atoms with van der Waals surface area (Å²) in [5, 5.41) is 9.95. The maximum absolute atomic E-state index is 13.5. The van der Waals surface area contributed by atoms with E-state index in [2.05, 4.69) is 0 Å². The van der Waals surface area contributed by atoms with Gasteiger partial charge in [0, 0.05) is 16.8 Å². The fourth-order valence-electron chi connectivity index (χ4n) is 1.68. The Morgan fingerprint density at radius 1 is 1.00 bits per heavy atom. The molecule has 0 aliphatic carbocycles. The second-order valence-corrected chi connectivity index (χ2v) is 3.82. The Balaban J connectivity index is 2.51. The van der Waals surface area contributed by atoms with E-state index in [0.717, 1.165) is 18.2 Å². The largest absolute Gasteiger partial charge is 0.398 e. The van der Waals surface area contributed by atoms with Crippen molar-refractivity contribution in [2.45, 2.75) is 6.10 Å². The van der Waals surface area contributed by atoms with Crippen LogP contribution < -0.4 is 5.73 Å². The maximum Gasteiger partial charge on any atom is 0.164 e. The number of nitrogen functional groups attached to an aromatic ring is 1. The van der Waals surface area contributed by atoms with E-state index in [-0.39, 0.29) is 16.8 Å². The molecule has 0 fully saturated rings. The molecule has 2 aromatic rings. The third kappa shape index (κ3) is 2.17. The van der Waals surface area contributed by atoms with Crippen LogP contribution in [0.15, 0.2) is 36.4 Å². The van der Waals surface area contributed by atoms with Crippen LogP contribution in [0.4, 0.5) is 18.9 Å². The predicted molar refractivity (Wildman–Crippen MR) is 61.2 cm³/mol. The quantitative estimate of drug-likeness (QED) is 0.808. The van der Waals surface area contributed by atoms with Gasteiger partial charge in [-0.15, -0.1) is 0 Å². The molecule has 0 bridgehead atoms. The van der Waals surface area contributed by atoms with Gasteiger partial charge in [0.25, 0.3) is 0 Å². The molecule has 0 saturated heterocycles. The minimum Gasteiger partial charge on any atom is -0.398 e. The molecule has 94 valence electrons. The molecule has 5 heteroatoms. The molecular weight excluding hydrogens is 243 g/mol. The predicted octanol–water partition coefficient (Wildman–Crippen LogP) is 2.77. The first-order valence-electron chi connectivity index (χ1n) is 5.17. The zero-order chi connectivity index (χ0) is 13.3. The van der Waals surface area contributed by atoms with E-state index in [1.165, 1.54) is 18.2 Å². The van der Waals surface area contributed by atoms with Gasteiger partial charge in [-0.1, -0.05) is 12.1 Å². The van der Waals surface area contributed by atoms with Crippen molar-refractivity contribution in [1.29, 1.82) is 0 Å². The van der Waals surface area contributed by atoms with Gasteiger partial charge in [-0.25, -0.2) is 13.2 Å². The highest BCUT2D eigenvalue weighted by Crippen LogP contribution is 2.29. The minimum absolute atomic E-state index is 0.000463. The smallest absolute Gasteiger partial charge is 0.164 e. The lowest BCUT2D eigenvalue weighted by Crippen LogP contribution is -2.07. The van der Waals surface area contributed by atoms with Crippen molar-refractivity contribution in [2.24, 2.45) is 0 Å². The van der Waals surface area contributed by atoms with Crippen molar-refractivity contribution in [2.75, 3.05) is 5.73 Å². The van der Waals surface area contributed by atoms with Gasteiger partial charge in [0.15, 0.2) is 11.6 Å². The van der Waals surface area contributed by atoms with Gasteiger partial charge in [-0.2, -0.15) is 0 Å². The summed E-state index contributed by atoms with van der Waals surface area (Å²) >= 11 is 0. The Hall–Kier alpha value is -2.01. The average Bonchev–Trinajstić information content (AvgIpc) is 2.35. The van der Waals surface area contributed by atoms with Crippen molar-refractivity contribution in [3.05, 3.63) is 65.0 Å². The molecule has 1 unspecified atom stereocenters. The van der Waals surface area contributed by atoms with E-state index in [0.29, 0.717) is 0 Å². The molecule has 0 aliphatic heterocycles. The molecule has 0 radical (unpaired) electrons. The summed E-state index contributed by atoms with van der Waals surface area (Å²) in [5.41, 5.74) is 5.39. The standard InChI is InChI=1S/C13H10F3NO/c14-7-4-5-11(17)9(6-7)13(18)8-2-1-3-10(15)12(8)16/h1-6,13,18H,17H2. The average molecular weight is 253 g/mol. The highest BCUT2D eigenvalue weighted by Gasteiger charge is 2.19. The zero-order valence-corrected chi connectivity index (χ0v) is 9.20. The van der Waals surface area contributed by atoms with E-state index >= 15 is 0 Å². The van der Waals surface area contributed by atoms with E-state index in [9.17, 15) is 18.3 Å². The molecule has 0 amide bonds. The number of hydrogen-bond acceptors (Lipinski definition) is 2. The molecule has 0 spiro atoms. The van der Waals surface area contributed by atoms with Gasteiger partial charge in [0.2, 0.25) is 0 Å². The van der Waals surface area contributed by atoms with Crippen molar-refractivity contribution in [3.8, 4) is 0 Å². The SMILES string of the molecule is Nc1ccc(F)cc1C(O)c1cccc(F)c1F. The summed E-state index contributed by atoms with van der Waals surface area (Å²) in [6, 6.07) is 6.77. The lowest BCUT2D eigenvalue weighted by Gasteiger charge is -2.14. The second kappa shape index (κ2) is 4.70. The van der Waals surface area contributed by atoms with Crippen LogP contribution in [0, 0.1) is 17.5 Å². The number of aliphatic hydroxyl groups is 1. The number of nitrogens with two attached hydrogens (primary N) is 1. The maximum atomic E-state index is 13.5. The van der Waals surface area contributed by atoms with Gasteiger partial charge in [0.1, 0.15) is 11.9 Å². The van der Waals surface area contributed by atoms with Gasteiger partial charge in [0.05, 0.1) is 0 Å². The van der Waals surface area contributed by atoms with Crippen molar-refractivity contribution >= 4 is 5.69 Å². The summed E-state index contributed by atoms with van der Waals surface area (Å²) in [6.45, 7) is 0. The van der Waals surface area contributed by atoms with Crippen LogP contribution in [0.25, 0.3) is 0 Å². The molecular formula is C13H10F3NO. The summed E-state index contributed by atoms with van der Waals surface area (Å²) in [6.07, 6.45) is -1.52. The molecule has 18 heavy (non-hydrogen) atoms. The Labute approximate surface area is 101 Å². The van der Waals surface area contributed by atoms with E-state index in [1.807, 2.05) is 0 Å². The van der Waals surface area contributed by atoms with Gasteiger partial charge in [-0.3, -0.25) is 0 Å². The monoisotopic (exact) mass is 253 g/mol. The molecule has 0 aromatic heterocycles. The zero-order valence-electron chi connectivity index (χ0n) is 9.20. The van der Waals surface area contributed by atoms with E-state index in [1.54, 1.807) is 0 Å². The lowest BCUT2D eigenvalue weighted by atomic mass is 9.99. The first-order chi connectivity index (χ1) is 8.50. The van der Waals surface area contributed by atoms with E-state index in [4.69, 9.17) is 5.73 Å². The van der Waals surface area contributed by atoms with Crippen molar-refractivity contribution in [1.82, 2.24) is 0 Å². The first kappa shape index (κ1) is 12.4. The number of anilines is 1. The number of rotatable bonds is 2. The van der Waals surface area contributed by atoms with E-state index < -0.39 is 23.6 Å². The molecule has 2 aromatic carbocycles. The highest BCUT2D eigenvalue weighted by atomic mass is 19.2. The van der Waals surface area contributed by atoms with Crippen LogP contribution in [0.1, 0.15) is 17.2 Å². The van der Waals surface area contributed by atoms with Crippen LogP contribution >= 0.6 is 0 Å². The van der Waals surface area contributed by atoms with Crippen LogP contribution in [0.2, 0.25) is 0 Å². The van der Waals surface area contributed by atoms with Crippen LogP contribution in [0.5, 0.6) is 0 Å². The minimum atomic E-state index is -1.52. The fourth-order valence-corrected chi connectivity index (χ4v) is 1.68. The lowest BCUT2D eigenvalue weighted by molar-refractivity contribution is 0.213. The Morgan fingerprint density at radius 3 is 2.44 bits per heavy atom. The Morgan fingerprint density at radius 2 is 1.72 bits per heavy atom. The number of hydrogen-bond donors (Lipinski definition) is 2. The molecule has 2 nitrogen and oxygen atoms in total. The number of benzene rings is 2. The first-order valence-corrected chi connectivity index (χ1v) is 5.17. The molecule has 1 atom stereocenters. The fraction of sp³-hybridized carbons (Fsp3) is 0.0769. The molecule has 0 heterocycles.